The van der Waals surface area contributed by atoms with E-state index in [1.54, 1.807) is 0 Å². The van der Waals surface area contributed by atoms with E-state index < -0.39 is 0 Å². The molecule has 1 heterocycles. The number of hydrogen-bond donors (Lipinski definition) is 0. The fraction of sp³-hybridized carbons (Fsp3) is 0.667. The highest BCUT2D eigenvalue weighted by molar-refractivity contribution is 5.12. The smallest absolute Gasteiger partial charge is 0.0303 e. The maximum atomic E-state index is 3.78. The third-order valence-electron chi connectivity index (χ3n) is 2.75. The summed E-state index contributed by atoms with van der Waals surface area (Å²) in [5.41, 5.74) is 1.42. The monoisotopic (exact) mass is 194 g/mol. The van der Waals surface area contributed by atoms with Gasteiger partial charge in [0.25, 0.3) is 0 Å². The predicted molar refractivity (Wildman–Crippen MR) is 62.2 cm³/mol. The van der Waals surface area contributed by atoms with Crippen LogP contribution in [0.4, 0.5) is 0 Å². The molecule has 80 valence electrons. The van der Waals surface area contributed by atoms with Crippen molar-refractivity contribution in [3.8, 4) is 0 Å². The van der Waals surface area contributed by atoms with E-state index in [1.807, 2.05) is 6.08 Å². The van der Waals surface area contributed by atoms with Crippen molar-refractivity contribution in [3.05, 3.63) is 24.4 Å². The average Bonchev–Trinajstić information content (AvgIpc) is 2.15. The van der Waals surface area contributed by atoms with Gasteiger partial charge < -0.3 is 9.80 Å². The highest BCUT2D eigenvalue weighted by Crippen LogP contribution is 2.17. The van der Waals surface area contributed by atoms with Gasteiger partial charge in [-0.1, -0.05) is 26.5 Å². The summed E-state index contributed by atoms with van der Waals surface area (Å²) >= 11 is 0. The molecule has 0 amide bonds. The number of rotatable bonds is 3. The van der Waals surface area contributed by atoms with Gasteiger partial charge >= 0.3 is 0 Å². The maximum absolute atomic E-state index is 3.78. The summed E-state index contributed by atoms with van der Waals surface area (Å²) in [7, 11) is 2.18. The predicted octanol–water partition coefficient (Wildman–Crippen LogP) is 1.96. The van der Waals surface area contributed by atoms with E-state index in [9.17, 15) is 0 Å². The number of nitrogens with zero attached hydrogens (tertiary/aromatic N) is 2. The zero-order valence-electron chi connectivity index (χ0n) is 9.66. The second-order valence-electron chi connectivity index (χ2n) is 4.27. The molecule has 1 aliphatic heterocycles. The van der Waals surface area contributed by atoms with Gasteiger partial charge in [0.15, 0.2) is 0 Å². The van der Waals surface area contributed by atoms with E-state index in [0.29, 0.717) is 5.92 Å². The molecule has 0 unspecified atom stereocenters. The van der Waals surface area contributed by atoms with Crippen LogP contribution in [0.1, 0.15) is 13.8 Å². The van der Waals surface area contributed by atoms with Crippen LogP contribution >= 0.6 is 0 Å². The Labute approximate surface area is 87.9 Å². The molecule has 1 fully saturated rings. The molecular weight excluding hydrogens is 172 g/mol. The normalized spacial score (nSPS) is 20.3. The number of hydrogen-bond acceptors (Lipinski definition) is 2. The van der Waals surface area contributed by atoms with E-state index in [-0.39, 0.29) is 0 Å². The Morgan fingerprint density at radius 3 is 2.21 bits per heavy atom. The van der Waals surface area contributed by atoms with Crippen LogP contribution in [0.15, 0.2) is 24.4 Å². The van der Waals surface area contributed by atoms with Gasteiger partial charge in [-0.3, -0.25) is 0 Å². The number of likely N-dealkylation sites (N-methyl/N-ethyl adjacent to an activating group) is 1. The first-order chi connectivity index (χ1) is 6.65. The molecule has 0 aromatic carbocycles. The highest BCUT2D eigenvalue weighted by atomic mass is 15.3. The lowest BCUT2D eigenvalue weighted by Crippen LogP contribution is -2.44. The van der Waals surface area contributed by atoms with E-state index in [4.69, 9.17) is 0 Å². The minimum absolute atomic E-state index is 0.594. The van der Waals surface area contributed by atoms with Crippen LogP contribution in [0, 0.1) is 5.92 Å². The third kappa shape index (κ3) is 2.88. The van der Waals surface area contributed by atoms with Crippen LogP contribution in [0.25, 0.3) is 0 Å². The van der Waals surface area contributed by atoms with Crippen LogP contribution in [0.2, 0.25) is 0 Å². The Balaban J connectivity index is 2.61. The Morgan fingerprint density at radius 1 is 1.21 bits per heavy atom. The van der Waals surface area contributed by atoms with Gasteiger partial charge in [-0.05, 0) is 19.0 Å². The Hall–Kier alpha value is -0.760. The molecule has 2 nitrogen and oxygen atoms in total. The van der Waals surface area contributed by atoms with Gasteiger partial charge in [0, 0.05) is 31.9 Å². The SMILES string of the molecule is C=C/C=C(\C(C)C)N1CCN(C)CC1. The van der Waals surface area contributed by atoms with Crippen LogP contribution in [0.5, 0.6) is 0 Å². The first kappa shape index (κ1) is 11.3. The molecule has 1 saturated heterocycles. The summed E-state index contributed by atoms with van der Waals surface area (Å²) in [6.45, 7) is 12.9. The zero-order valence-corrected chi connectivity index (χ0v) is 9.66. The molecule has 0 bridgehead atoms. The van der Waals surface area contributed by atoms with Gasteiger partial charge in [-0.15, -0.1) is 0 Å². The molecule has 0 aliphatic carbocycles. The molecule has 0 saturated carbocycles. The summed E-state index contributed by atoms with van der Waals surface area (Å²) in [4.78, 5) is 4.86. The van der Waals surface area contributed by atoms with Crippen LogP contribution < -0.4 is 0 Å². The zero-order chi connectivity index (χ0) is 10.6. The van der Waals surface area contributed by atoms with Gasteiger partial charge in [0.05, 0.1) is 0 Å². The lowest BCUT2D eigenvalue weighted by molar-refractivity contribution is 0.176. The van der Waals surface area contributed by atoms with Crippen molar-refractivity contribution >= 4 is 0 Å². The molecule has 0 aromatic heterocycles. The topological polar surface area (TPSA) is 6.48 Å². The molecule has 0 N–H and O–H groups in total. The Kier molecular flexibility index (Phi) is 4.21. The van der Waals surface area contributed by atoms with Crippen molar-refractivity contribution in [1.82, 2.24) is 9.80 Å². The van der Waals surface area contributed by atoms with Gasteiger partial charge in [0.1, 0.15) is 0 Å². The van der Waals surface area contributed by atoms with E-state index in [1.165, 1.54) is 18.8 Å². The third-order valence-corrected chi connectivity index (χ3v) is 2.75. The summed E-state index contributed by atoms with van der Waals surface area (Å²) < 4.78 is 0. The summed E-state index contributed by atoms with van der Waals surface area (Å²) in [5.74, 6) is 0.594. The molecular formula is C12H22N2. The molecule has 1 rings (SSSR count). The molecule has 14 heavy (non-hydrogen) atoms. The lowest BCUT2D eigenvalue weighted by atomic mass is 10.1. The summed E-state index contributed by atoms with van der Waals surface area (Å²) in [6, 6.07) is 0. The minimum Gasteiger partial charge on any atom is -0.372 e. The van der Waals surface area contributed by atoms with Crippen molar-refractivity contribution in [2.45, 2.75) is 13.8 Å². The van der Waals surface area contributed by atoms with Crippen LogP contribution in [-0.2, 0) is 0 Å². The summed E-state index contributed by atoms with van der Waals surface area (Å²) in [5, 5.41) is 0. The average molecular weight is 194 g/mol. The van der Waals surface area contributed by atoms with Crippen LogP contribution in [-0.4, -0.2) is 43.0 Å². The quantitative estimate of drug-likeness (QED) is 0.634. The van der Waals surface area contributed by atoms with E-state index >= 15 is 0 Å². The minimum atomic E-state index is 0.594. The largest absolute Gasteiger partial charge is 0.372 e. The van der Waals surface area contributed by atoms with Crippen molar-refractivity contribution < 1.29 is 0 Å². The molecule has 0 spiro atoms. The maximum Gasteiger partial charge on any atom is 0.0303 e. The van der Waals surface area contributed by atoms with Crippen molar-refractivity contribution in [1.29, 1.82) is 0 Å². The van der Waals surface area contributed by atoms with Gasteiger partial charge in [-0.2, -0.15) is 0 Å². The number of allylic oxidation sites excluding steroid dienone is 3. The van der Waals surface area contributed by atoms with Crippen molar-refractivity contribution in [2.24, 2.45) is 5.92 Å². The van der Waals surface area contributed by atoms with Crippen molar-refractivity contribution in [3.63, 3.8) is 0 Å². The van der Waals surface area contributed by atoms with Gasteiger partial charge in [-0.25, -0.2) is 0 Å². The standard InChI is InChI=1S/C12H22N2/c1-5-6-12(11(2)3)14-9-7-13(4)8-10-14/h5-6,11H,1,7-10H2,2-4H3/b12-6+. The van der Waals surface area contributed by atoms with E-state index in [2.05, 4.69) is 43.3 Å². The molecule has 0 radical (unpaired) electrons. The number of piperazine rings is 1. The molecule has 0 atom stereocenters. The first-order valence-corrected chi connectivity index (χ1v) is 5.41. The second-order valence-corrected chi connectivity index (χ2v) is 4.27. The van der Waals surface area contributed by atoms with E-state index in [0.717, 1.165) is 13.1 Å². The van der Waals surface area contributed by atoms with Crippen LogP contribution in [0.3, 0.4) is 0 Å². The van der Waals surface area contributed by atoms with Gasteiger partial charge in [0.2, 0.25) is 0 Å². The second kappa shape index (κ2) is 5.20. The molecule has 2 heteroatoms. The lowest BCUT2D eigenvalue weighted by Gasteiger charge is -2.37. The molecule has 1 aliphatic rings. The summed E-state index contributed by atoms with van der Waals surface area (Å²) in [6.07, 6.45) is 4.05. The first-order valence-electron chi connectivity index (χ1n) is 5.41. The van der Waals surface area contributed by atoms with Crippen molar-refractivity contribution in [2.75, 3.05) is 33.2 Å². The Bertz CT molecular complexity index is 210. The Morgan fingerprint density at radius 2 is 1.79 bits per heavy atom. The highest BCUT2D eigenvalue weighted by Gasteiger charge is 2.17. The molecule has 0 aromatic rings. The fourth-order valence-electron chi connectivity index (χ4n) is 1.85. The fourth-order valence-corrected chi connectivity index (χ4v) is 1.85.